The van der Waals surface area contributed by atoms with Crippen molar-refractivity contribution in [3.8, 4) is 0 Å². The monoisotopic (exact) mass is 305 g/mol. The Bertz CT molecular complexity index is 634. The zero-order valence-corrected chi connectivity index (χ0v) is 13.2. The number of amides is 1. The number of piperidine rings is 1. The molecule has 0 aromatic carbocycles. The number of hydrogen-bond donors (Lipinski definition) is 0. The van der Waals surface area contributed by atoms with E-state index in [1.807, 2.05) is 18.0 Å². The summed E-state index contributed by atoms with van der Waals surface area (Å²) in [6, 6.07) is 1.75. The summed E-state index contributed by atoms with van der Waals surface area (Å²) in [5.41, 5.74) is 0.419. The summed E-state index contributed by atoms with van der Waals surface area (Å²) < 4.78 is 5.13. The minimum Gasteiger partial charge on any atom is -0.361 e. The molecule has 1 aliphatic heterocycles. The van der Waals surface area contributed by atoms with E-state index >= 15 is 0 Å². The predicted molar refractivity (Wildman–Crippen MR) is 80.6 cm³/mol. The highest BCUT2D eigenvalue weighted by molar-refractivity contribution is 7.11. The van der Waals surface area contributed by atoms with E-state index in [0.717, 1.165) is 43.1 Å². The molecule has 0 spiro atoms. The van der Waals surface area contributed by atoms with Gasteiger partial charge in [0.05, 0.1) is 5.01 Å². The average molecular weight is 305 g/mol. The maximum absolute atomic E-state index is 12.5. The van der Waals surface area contributed by atoms with Gasteiger partial charge in [0.15, 0.2) is 5.69 Å². The second-order valence-electron chi connectivity index (χ2n) is 5.43. The van der Waals surface area contributed by atoms with Gasteiger partial charge in [0.1, 0.15) is 5.76 Å². The number of thiazole rings is 1. The lowest BCUT2D eigenvalue weighted by Gasteiger charge is -2.31. The van der Waals surface area contributed by atoms with Crippen LogP contribution in [-0.2, 0) is 6.42 Å². The van der Waals surface area contributed by atoms with Crippen molar-refractivity contribution in [2.24, 2.45) is 0 Å². The Kier molecular flexibility index (Phi) is 4.05. The molecule has 3 rings (SSSR count). The van der Waals surface area contributed by atoms with E-state index in [4.69, 9.17) is 4.52 Å². The van der Waals surface area contributed by atoms with Crippen LogP contribution in [0.2, 0.25) is 0 Å². The average Bonchev–Trinajstić information content (AvgIpc) is 3.15. The fourth-order valence-corrected chi connectivity index (χ4v) is 3.57. The molecule has 2 aromatic rings. The molecule has 3 heterocycles. The van der Waals surface area contributed by atoms with E-state index in [1.165, 1.54) is 4.88 Å². The third kappa shape index (κ3) is 3.00. The molecular formula is C15H19N3O2S. The topological polar surface area (TPSA) is 59.2 Å². The van der Waals surface area contributed by atoms with Crippen LogP contribution in [0.4, 0.5) is 0 Å². The second-order valence-corrected chi connectivity index (χ2v) is 6.70. The first-order chi connectivity index (χ1) is 10.2. The molecule has 1 atom stereocenters. The Morgan fingerprint density at radius 1 is 1.57 bits per heavy atom. The van der Waals surface area contributed by atoms with E-state index in [2.05, 4.69) is 17.1 Å². The van der Waals surface area contributed by atoms with Gasteiger partial charge in [0, 0.05) is 42.6 Å². The van der Waals surface area contributed by atoms with Crippen LogP contribution in [-0.4, -0.2) is 34.0 Å². The van der Waals surface area contributed by atoms with Crippen LogP contribution in [0, 0.1) is 6.92 Å². The Morgan fingerprint density at radius 3 is 3.10 bits per heavy atom. The molecule has 0 radical (unpaired) electrons. The van der Waals surface area contributed by atoms with Gasteiger partial charge in [-0.05, 0) is 19.8 Å². The summed E-state index contributed by atoms with van der Waals surface area (Å²) in [7, 11) is 0. The maximum atomic E-state index is 12.5. The van der Waals surface area contributed by atoms with Crippen molar-refractivity contribution in [1.82, 2.24) is 15.0 Å². The van der Waals surface area contributed by atoms with Gasteiger partial charge in [0.25, 0.3) is 5.91 Å². The Balaban J connectivity index is 1.72. The number of likely N-dealkylation sites (tertiary alicyclic amines) is 1. The Hall–Kier alpha value is -1.69. The van der Waals surface area contributed by atoms with Crippen molar-refractivity contribution >= 4 is 17.2 Å². The number of carbonyl (C=O) groups excluding carboxylic acids is 1. The standard InChI is InChI=1S/C15H19N3O2S/c1-3-12-7-13(17-20-12)15(19)18-6-4-5-11(9-18)14-16-8-10(2)21-14/h7-8,11H,3-6,9H2,1-2H3. The summed E-state index contributed by atoms with van der Waals surface area (Å²) in [6.07, 6.45) is 4.76. The minimum atomic E-state index is -0.0311. The smallest absolute Gasteiger partial charge is 0.276 e. The first kappa shape index (κ1) is 14.3. The van der Waals surface area contributed by atoms with Gasteiger partial charge in [-0.3, -0.25) is 4.79 Å². The molecule has 2 aromatic heterocycles. The van der Waals surface area contributed by atoms with Crippen molar-refractivity contribution in [1.29, 1.82) is 0 Å². The van der Waals surface area contributed by atoms with Crippen molar-refractivity contribution in [3.05, 3.63) is 33.6 Å². The van der Waals surface area contributed by atoms with Crippen LogP contribution >= 0.6 is 11.3 Å². The molecule has 0 bridgehead atoms. The lowest BCUT2D eigenvalue weighted by atomic mass is 9.98. The van der Waals surface area contributed by atoms with Crippen LogP contribution in [0.15, 0.2) is 16.8 Å². The van der Waals surface area contributed by atoms with Crippen molar-refractivity contribution < 1.29 is 9.32 Å². The fourth-order valence-electron chi connectivity index (χ4n) is 2.67. The van der Waals surface area contributed by atoms with Gasteiger partial charge in [-0.2, -0.15) is 0 Å². The molecule has 1 fully saturated rings. The fraction of sp³-hybridized carbons (Fsp3) is 0.533. The number of aromatic nitrogens is 2. The third-order valence-corrected chi connectivity index (χ3v) is 4.90. The summed E-state index contributed by atoms with van der Waals surface area (Å²) in [4.78, 5) is 20.1. The third-order valence-electron chi connectivity index (χ3n) is 3.82. The molecule has 112 valence electrons. The molecular weight excluding hydrogens is 286 g/mol. The van der Waals surface area contributed by atoms with Crippen LogP contribution < -0.4 is 0 Å². The van der Waals surface area contributed by atoms with Gasteiger partial charge < -0.3 is 9.42 Å². The predicted octanol–water partition coefficient (Wildman–Crippen LogP) is 3.02. The van der Waals surface area contributed by atoms with Crippen LogP contribution in [0.3, 0.4) is 0 Å². The van der Waals surface area contributed by atoms with Crippen LogP contribution in [0.5, 0.6) is 0 Å². The number of aryl methyl sites for hydroxylation is 2. The molecule has 1 aliphatic rings. The zero-order valence-electron chi connectivity index (χ0n) is 12.3. The molecule has 1 saturated heterocycles. The minimum absolute atomic E-state index is 0.0311. The summed E-state index contributed by atoms with van der Waals surface area (Å²) in [5.74, 6) is 1.07. The molecule has 21 heavy (non-hydrogen) atoms. The highest BCUT2D eigenvalue weighted by Gasteiger charge is 2.28. The zero-order chi connectivity index (χ0) is 14.8. The van der Waals surface area contributed by atoms with E-state index in [9.17, 15) is 4.79 Å². The lowest BCUT2D eigenvalue weighted by Crippen LogP contribution is -2.39. The first-order valence-corrected chi connectivity index (χ1v) is 8.16. The van der Waals surface area contributed by atoms with E-state index in [1.54, 1.807) is 17.4 Å². The SMILES string of the molecule is CCc1cc(C(=O)N2CCCC(c3ncc(C)s3)C2)no1. The quantitative estimate of drug-likeness (QED) is 0.874. The van der Waals surface area contributed by atoms with Crippen molar-refractivity contribution in [2.75, 3.05) is 13.1 Å². The Labute approximate surface area is 128 Å². The number of rotatable bonds is 3. The largest absolute Gasteiger partial charge is 0.361 e. The van der Waals surface area contributed by atoms with E-state index in [-0.39, 0.29) is 5.91 Å². The molecule has 1 amide bonds. The maximum Gasteiger partial charge on any atom is 0.276 e. The van der Waals surface area contributed by atoms with Gasteiger partial charge in [0.2, 0.25) is 0 Å². The highest BCUT2D eigenvalue weighted by Crippen LogP contribution is 2.30. The first-order valence-electron chi connectivity index (χ1n) is 7.34. The van der Waals surface area contributed by atoms with Crippen LogP contribution in [0.25, 0.3) is 0 Å². The van der Waals surface area contributed by atoms with E-state index < -0.39 is 0 Å². The lowest BCUT2D eigenvalue weighted by molar-refractivity contribution is 0.0696. The van der Waals surface area contributed by atoms with Gasteiger partial charge >= 0.3 is 0 Å². The molecule has 6 heteroatoms. The van der Waals surface area contributed by atoms with Crippen LogP contribution in [0.1, 0.15) is 51.8 Å². The normalized spacial score (nSPS) is 19.0. The number of nitrogens with zero attached hydrogens (tertiary/aromatic N) is 3. The molecule has 0 aliphatic carbocycles. The summed E-state index contributed by atoms with van der Waals surface area (Å²) in [6.45, 7) is 5.55. The van der Waals surface area contributed by atoms with Gasteiger partial charge in [-0.25, -0.2) is 4.98 Å². The number of carbonyl (C=O) groups is 1. The van der Waals surface area contributed by atoms with Gasteiger partial charge in [-0.15, -0.1) is 11.3 Å². The summed E-state index contributed by atoms with van der Waals surface area (Å²) in [5, 5.41) is 5.02. The molecule has 0 N–H and O–H groups in total. The van der Waals surface area contributed by atoms with Gasteiger partial charge in [-0.1, -0.05) is 12.1 Å². The van der Waals surface area contributed by atoms with Crippen molar-refractivity contribution in [3.63, 3.8) is 0 Å². The summed E-state index contributed by atoms with van der Waals surface area (Å²) >= 11 is 1.73. The number of hydrogen-bond acceptors (Lipinski definition) is 5. The molecule has 1 unspecified atom stereocenters. The van der Waals surface area contributed by atoms with Crippen molar-refractivity contribution in [2.45, 2.75) is 39.0 Å². The molecule has 5 nitrogen and oxygen atoms in total. The molecule has 0 saturated carbocycles. The van der Waals surface area contributed by atoms with E-state index in [0.29, 0.717) is 11.6 Å². The second kappa shape index (κ2) is 5.97. The highest BCUT2D eigenvalue weighted by atomic mass is 32.1. The Morgan fingerprint density at radius 2 is 2.43 bits per heavy atom.